The van der Waals surface area contributed by atoms with Crippen molar-refractivity contribution in [2.24, 2.45) is 0 Å². The fraction of sp³-hybridized carbons (Fsp3) is 0.556. The summed E-state index contributed by atoms with van der Waals surface area (Å²) in [5.74, 6) is 1.12. The summed E-state index contributed by atoms with van der Waals surface area (Å²) in [6, 6.07) is 3.32. The van der Waals surface area contributed by atoms with Crippen molar-refractivity contribution in [2.45, 2.75) is 38.3 Å². The van der Waals surface area contributed by atoms with Crippen LogP contribution in [0.15, 0.2) is 12.1 Å². The van der Waals surface area contributed by atoms with Gasteiger partial charge < -0.3 is 14.2 Å². The van der Waals surface area contributed by atoms with Crippen molar-refractivity contribution < 1.29 is 23.8 Å². The number of hydrogen-bond donors (Lipinski definition) is 0. The third kappa shape index (κ3) is 2.86. The SMILES string of the molecule is CCOC(=O)[C@H]1CC(=O)C[C@@H]2c3cc(OC)c(OC)cc3CCN12. The first-order chi connectivity index (χ1) is 11.6. The van der Waals surface area contributed by atoms with Crippen LogP contribution in [0.5, 0.6) is 11.5 Å². The van der Waals surface area contributed by atoms with Gasteiger partial charge in [0.15, 0.2) is 11.5 Å². The Morgan fingerprint density at radius 3 is 2.58 bits per heavy atom. The standard InChI is InChI=1S/C18H23NO5/c1-4-24-18(21)15-9-12(20)8-14-13-10-17(23-3)16(22-2)7-11(13)5-6-19(14)15/h7,10,14-15H,4-6,8-9H2,1-3H3/t14-,15-/m1/s1. The van der Waals surface area contributed by atoms with Gasteiger partial charge in [0.05, 0.1) is 20.8 Å². The highest BCUT2D eigenvalue weighted by molar-refractivity contribution is 5.88. The average Bonchev–Trinajstić information content (AvgIpc) is 2.59. The van der Waals surface area contributed by atoms with E-state index in [-0.39, 0.29) is 24.2 Å². The van der Waals surface area contributed by atoms with Crippen molar-refractivity contribution in [1.29, 1.82) is 0 Å². The number of fused-ring (bicyclic) bond motifs is 3. The van der Waals surface area contributed by atoms with Gasteiger partial charge in [-0.2, -0.15) is 0 Å². The number of ketones is 1. The molecule has 24 heavy (non-hydrogen) atoms. The molecule has 1 aromatic rings. The maximum absolute atomic E-state index is 12.3. The molecule has 130 valence electrons. The predicted molar refractivity (Wildman–Crippen MR) is 87.4 cm³/mol. The van der Waals surface area contributed by atoms with Crippen molar-refractivity contribution in [1.82, 2.24) is 4.90 Å². The second kappa shape index (κ2) is 6.81. The molecule has 0 spiro atoms. The molecule has 2 heterocycles. The molecule has 1 fully saturated rings. The molecule has 0 aromatic heterocycles. The topological polar surface area (TPSA) is 65.1 Å². The fourth-order valence-corrected chi connectivity index (χ4v) is 3.74. The number of hydrogen-bond acceptors (Lipinski definition) is 6. The number of carbonyl (C=O) groups is 2. The van der Waals surface area contributed by atoms with Crippen LogP contribution in [-0.2, 0) is 20.7 Å². The Morgan fingerprint density at radius 2 is 1.92 bits per heavy atom. The summed E-state index contributed by atoms with van der Waals surface area (Å²) < 4.78 is 15.9. The number of benzene rings is 1. The minimum absolute atomic E-state index is 0.0944. The van der Waals surface area contributed by atoms with Crippen LogP contribution in [-0.4, -0.2) is 50.1 Å². The Balaban J connectivity index is 1.98. The summed E-state index contributed by atoms with van der Waals surface area (Å²) >= 11 is 0. The molecular formula is C18H23NO5. The van der Waals surface area contributed by atoms with Gasteiger partial charge in [-0.3, -0.25) is 14.5 Å². The summed E-state index contributed by atoms with van der Waals surface area (Å²) in [7, 11) is 3.21. The maximum atomic E-state index is 12.3. The highest BCUT2D eigenvalue weighted by Crippen LogP contribution is 2.42. The van der Waals surface area contributed by atoms with E-state index >= 15 is 0 Å². The molecule has 3 rings (SSSR count). The van der Waals surface area contributed by atoms with Gasteiger partial charge in [0.2, 0.25) is 0 Å². The van der Waals surface area contributed by atoms with E-state index in [1.165, 1.54) is 0 Å². The lowest BCUT2D eigenvalue weighted by Crippen LogP contribution is -2.52. The van der Waals surface area contributed by atoms with Gasteiger partial charge in [-0.05, 0) is 36.6 Å². The minimum Gasteiger partial charge on any atom is -0.493 e. The largest absolute Gasteiger partial charge is 0.493 e. The van der Waals surface area contributed by atoms with Gasteiger partial charge in [-0.1, -0.05) is 0 Å². The number of piperidine rings is 1. The second-order valence-corrected chi connectivity index (χ2v) is 6.12. The van der Waals surface area contributed by atoms with E-state index in [0.29, 0.717) is 24.5 Å². The smallest absolute Gasteiger partial charge is 0.323 e. The molecule has 6 heteroatoms. The summed E-state index contributed by atoms with van der Waals surface area (Å²) in [6.07, 6.45) is 1.45. The van der Waals surface area contributed by atoms with Crippen molar-refractivity contribution >= 4 is 11.8 Å². The summed E-state index contributed by atoms with van der Waals surface area (Å²) in [5.41, 5.74) is 2.19. The maximum Gasteiger partial charge on any atom is 0.323 e. The van der Waals surface area contributed by atoms with Crippen LogP contribution >= 0.6 is 0 Å². The molecule has 0 saturated carbocycles. The highest BCUT2D eigenvalue weighted by atomic mass is 16.5. The lowest BCUT2D eigenvalue weighted by molar-refractivity contribution is -0.155. The second-order valence-electron chi connectivity index (χ2n) is 6.12. The number of methoxy groups -OCH3 is 2. The van der Waals surface area contributed by atoms with E-state index in [9.17, 15) is 9.59 Å². The van der Waals surface area contributed by atoms with E-state index in [1.54, 1.807) is 21.1 Å². The van der Waals surface area contributed by atoms with Gasteiger partial charge >= 0.3 is 5.97 Å². The highest BCUT2D eigenvalue weighted by Gasteiger charge is 2.42. The molecule has 0 N–H and O–H groups in total. The molecule has 0 aliphatic carbocycles. The van der Waals surface area contributed by atoms with Crippen LogP contribution in [0.4, 0.5) is 0 Å². The molecule has 1 aromatic carbocycles. The Kier molecular flexibility index (Phi) is 4.76. The quantitative estimate of drug-likeness (QED) is 0.784. The molecule has 2 aliphatic heterocycles. The fourth-order valence-electron chi connectivity index (χ4n) is 3.74. The zero-order valence-electron chi connectivity index (χ0n) is 14.3. The van der Waals surface area contributed by atoms with E-state index in [1.807, 2.05) is 12.1 Å². The van der Waals surface area contributed by atoms with Gasteiger partial charge in [0.1, 0.15) is 11.8 Å². The van der Waals surface area contributed by atoms with Crippen molar-refractivity contribution in [3.63, 3.8) is 0 Å². The van der Waals surface area contributed by atoms with Gasteiger partial charge in [-0.25, -0.2) is 0 Å². The first kappa shape index (κ1) is 16.8. The Labute approximate surface area is 141 Å². The first-order valence-electron chi connectivity index (χ1n) is 8.27. The van der Waals surface area contributed by atoms with Crippen molar-refractivity contribution in [3.05, 3.63) is 23.3 Å². The molecule has 0 bridgehead atoms. The molecule has 0 unspecified atom stereocenters. The van der Waals surface area contributed by atoms with Crippen LogP contribution in [0.2, 0.25) is 0 Å². The number of nitrogens with zero attached hydrogens (tertiary/aromatic N) is 1. The van der Waals surface area contributed by atoms with Gasteiger partial charge in [-0.15, -0.1) is 0 Å². The van der Waals surface area contributed by atoms with Crippen LogP contribution in [0.3, 0.4) is 0 Å². The van der Waals surface area contributed by atoms with E-state index in [4.69, 9.17) is 14.2 Å². The number of esters is 1. The normalized spacial score (nSPS) is 23.2. The van der Waals surface area contributed by atoms with Crippen molar-refractivity contribution in [3.8, 4) is 11.5 Å². The molecule has 6 nitrogen and oxygen atoms in total. The van der Waals surface area contributed by atoms with Crippen LogP contribution < -0.4 is 9.47 Å². The molecule has 0 amide bonds. The summed E-state index contributed by atoms with van der Waals surface area (Å²) in [5, 5.41) is 0. The number of ether oxygens (including phenoxy) is 3. The zero-order valence-corrected chi connectivity index (χ0v) is 14.3. The third-order valence-corrected chi connectivity index (χ3v) is 4.85. The summed E-state index contributed by atoms with van der Waals surface area (Å²) in [6.45, 7) is 2.83. The Morgan fingerprint density at radius 1 is 1.21 bits per heavy atom. The lowest BCUT2D eigenvalue weighted by Gasteiger charge is -2.44. The predicted octanol–water partition coefficient (Wildman–Crippen LogP) is 1.90. The van der Waals surface area contributed by atoms with Gasteiger partial charge in [0, 0.05) is 25.4 Å². The van der Waals surface area contributed by atoms with E-state index < -0.39 is 6.04 Å². The monoisotopic (exact) mass is 333 g/mol. The minimum atomic E-state index is -0.488. The number of carbonyl (C=O) groups excluding carboxylic acids is 2. The number of rotatable bonds is 4. The molecule has 0 radical (unpaired) electrons. The summed E-state index contributed by atoms with van der Waals surface area (Å²) in [4.78, 5) is 26.6. The molecule has 2 atom stereocenters. The Hall–Kier alpha value is -2.08. The van der Waals surface area contributed by atoms with Crippen LogP contribution in [0.1, 0.15) is 36.9 Å². The van der Waals surface area contributed by atoms with E-state index in [0.717, 1.165) is 24.1 Å². The van der Waals surface area contributed by atoms with Crippen LogP contribution in [0, 0.1) is 0 Å². The lowest BCUT2D eigenvalue weighted by atomic mass is 9.83. The van der Waals surface area contributed by atoms with Crippen molar-refractivity contribution in [2.75, 3.05) is 27.4 Å². The van der Waals surface area contributed by atoms with E-state index in [2.05, 4.69) is 4.90 Å². The average molecular weight is 333 g/mol. The zero-order chi connectivity index (χ0) is 17.3. The molecule has 2 aliphatic rings. The first-order valence-corrected chi connectivity index (χ1v) is 8.27. The van der Waals surface area contributed by atoms with Gasteiger partial charge in [0.25, 0.3) is 0 Å². The Bertz CT molecular complexity index is 657. The molecular weight excluding hydrogens is 310 g/mol. The third-order valence-electron chi connectivity index (χ3n) is 4.85. The van der Waals surface area contributed by atoms with Crippen LogP contribution in [0.25, 0.3) is 0 Å². The number of Topliss-reactive ketones (excluding diaryl/α,β-unsaturated/α-hetero) is 1. The molecule has 1 saturated heterocycles.